The monoisotopic (exact) mass is 300 g/mol. The van der Waals surface area contributed by atoms with E-state index in [1.165, 1.54) is 5.56 Å². The van der Waals surface area contributed by atoms with Gasteiger partial charge in [0, 0.05) is 18.7 Å². The van der Waals surface area contributed by atoms with Crippen LogP contribution >= 0.6 is 0 Å². The van der Waals surface area contributed by atoms with Crippen LogP contribution in [-0.2, 0) is 11.3 Å². The highest BCUT2D eigenvalue weighted by Gasteiger charge is 2.37. The Hall–Kier alpha value is -1.84. The molecule has 0 spiro atoms. The van der Waals surface area contributed by atoms with Gasteiger partial charge in [-0.1, -0.05) is 26.0 Å². The molecule has 118 valence electrons. The van der Waals surface area contributed by atoms with Crippen molar-refractivity contribution in [1.82, 2.24) is 10.2 Å². The first-order chi connectivity index (χ1) is 10.6. The lowest BCUT2D eigenvalue weighted by atomic mass is 9.92. The molecule has 1 aromatic rings. The van der Waals surface area contributed by atoms with Crippen LogP contribution < -0.4 is 5.32 Å². The maximum absolute atomic E-state index is 12.8. The van der Waals surface area contributed by atoms with E-state index in [0.29, 0.717) is 12.5 Å². The fourth-order valence-electron chi connectivity index (χ4n) is 3.53. The van der Waals surface area contributed by atoms with Crippen molar-refractivity contribution < 1.29 is 9.59 Å². The smallest absolute Gasteiger partial charge is 0.255 e. The first-order valence-corrected chi connectivity index (χ1v) is 8.34. The Morgan fingerprint density at radius 2 is 2.14 bits per heavy atom. The summed E-state index contributed by atoms with van der Waals surface area (Å²) in [4.78, 5) is 26.8. The molecule has 1 saturated heterocycles. The van der Waals surface area contributed by atoms with Crippen molar-refractivity contribution in [2.45, 2.75) is 58.0 Å². The van der Waals surface area contributed by atoms with Gasteiger partial charge in [-0.3, -0.25) is 9.59 Å². The molecular weight excluding hydrogens is 276 g/mol. The second kappa shape index (κ2) is 6.11. The number of carbonyl (C=O) groups excluding carboxylic acids is 2. The predicted molar refractivity (Wildman–Crippen MR) is 85.7 cm³/mol. The van der Waals surface area contributed by atoms with Crippen molar-refractivity contribution in [3.8, 4) is 0 Å². The zero-order valence-corrected chi connectivity index (χ0v) is 13.4. The highest BCUT2D eigenvalue weighted by molar-refractivity contribution is 6.01. The van der Waals surface area contributed by atoms with E-state index < -0.39 is 0 Å². The summed E-state index contributed by atoms with van der Waals surface area (Å²) < 4.78 is 0. The lowest BCUT2D eigenvalue weighted by molar-refractivity contribution is -0.125. The van der Waals surface area contributed by atoms with Crippen molar-refractivity contribution in [1.29, 1.82) is 0 Å². The van der Waals surface area contributed by atoms with Gasteiger partial charge in [0.2, 0.25) is 5.91 Å². The van der Waals surface area contributed by atoms with Crippen LogP contribution in [0.25, 0.3) is 0 Å². The zero-order valence-electron chi connectivity index (χ0n) is 13.4. The Bertz CT molecular complexity index is 597. The molecule has 0 saturated carbocycles. The minimum absolute atomic E-state index is 0.00347. The minimum Gasteiger partial charge on any atom is -0.354 e. The number of nitrogens with zero attached hydrogens (tertiary/aromatic N) is 1. The van der Waals surface area contributed by atoms with Gasteiger partial charge >= 0.3 is 0 Å². The molecule has 4 nitrogen and oxygen atoms in total. The standard InChI is InChI=1S/C18H24N2O2/c1-3-12(2)13-7-6-8-14-15(13)11-20(18(14)22)16-9-4-5-10-19-17(16)21/h6-8,12,16H,3-5,9-11H2,1-2H3,(H,19,21)/t12?,16-/m0/s1. The summed E-state index contributed by atoms with van der Waals surface area (Å²) in [5.74, 6) is 0.455. The largest absolute Gasteiger partial charge is 0.354 e. The summed E-state index contributed by atoms with van der Waals surface area (Å²) in [7, 11) is 0. The number of benzene rings is 1. The number of hydrogen-bond donors (Lipinski definition) is 1. The number of fused-ring (bicyclic) bond motifs is 1. The average molecular weight is 300 g/mol. The lowest BCUT2D eigenvalue weighted by Crippen LogP contribution is -2.45. The van der Waals surface area contributed by atoms with Gasteiger partial charge in [0.05, 0.1) is 0 Å². The molecular formula is C18H24N2O2. The summed E-state index contributed by atoms with van der Waals surface area (Å²) in [5, 5.41) is 2.93. The molecule has 1 N–H and O–H groups in total. The van der Waals surface area contributed by atoms with E-state index >= 15 is 0 Å². The van der Waals surface area contributed by atoms with Crippen molar-refractivity contribution in [3.63, 3.8) is 0 Å². The van der Waals surface area contributed by atoms with Crippen molar-refractivity contribution in [2.24, 2.45) is 0 Å². The van der Waals surface area contributed by atoms with Gasteiger partial charge in [0.15, 0.2) is 0 Å². The minimum atomic E-state index is -0.313. The number of carbonyl (C=O) groups is 2. The molecule has 3 rings (SSSR count). The molecule has 1 unspecified atom stereocenters. The van der Waals surface area contributed by atoms with Gasteiger partial charge < -0.3 is 10.2 Å². The van der Waals surface area contributed by atoms with E-state index in [-0.39, 0.29) is 17.9 Å². The summed E-state index contributed by atoms with van der Waals surface area (Å²) >= 11 is 0. The summed E-state index contributed by atoms with van der Waals surface area (Å²) in [5.41, 5.74) is 3.17. The van der Waals surface area contributed by atoms with E-state index in [1.807, 2.05) is 12.1 Å². The molecule has 22 heavy (non-hydrogen) atoms. The first kappa shape index (κ1) is 15.1. The average Bonchev–Trinajstić information content (AvgIpc) is 2.72. The number of amides is 2. The van der Waals surface area contributed by atoms with E-state index in [1.54, 1.807) is 4.90 Å². The maximum Gasteiger partial charge on any atom is 0.255 e. The van der Waals surface area contributed by atoms with Gasteiger partial charge in [-0.15, -0.1) is 0 Å². The second-order valence-electron chi connectivity index (χ2n) is 6.42. The van der Waals surface area contributed by atoms with Crippen LogP contribution in [0.5, 0.6) is 0 Å². The number of hydrogen-bond acceptors (Lipinski definition) is 2. The quantitative estimate of drug-likeness (QED) is 0.933. The summed E-state index contributed by atoms with van der Waals surface area (Å²) in [6.45, 7) is 5.66. The lowest BCUT2D eigenvalue weighted by Gasteiger charge is -2.25. The third kappa shape index (κ3) is 2.51. The zero-order chi connectivity index (χ0) is 15.7. The van der Waals surface area contributed by atoms with E-state index in [0.717, 1.165) is 43.4 Å². The molecule has 0 aliphatic carbocycles. The van der Waals surface area contributed by atoms with E-state index in [9.17, 15) is 9.59 Å². The molecule has 0 radical (unpaired) electrons. The number of rotatable bonds is 3. The summed E-state index contributed by atoms with van der Waals surface area (Å²) in [6, 6.07) is 5.68. The highest BCUT2D eigenvalue weighted by atomic mass is 16.2. The molecule has 2 aliphatic heterocycles. The third-order valence-electron chi connectivity index (χ3n) is 5.06. The van der Waals surface area contributed by atoms with Gasteiger partial charge in [-0.05, 0) is 48.8 Å². The Morgan fingerprint density at radius 3 is 2.91 bits per heavy atom. The topological polar surface area (TPSA) is 49.4 Å². The Kier molecular flexibility index (Phi) is 4.19. The van der Waals surface area contributed by atoms with E-state index in [2.05, 4.69) is 25.2 Å². The highest BCUT2D eigenvalue weighted by Crippen LogP contribution is 2.33. The van der Waals surface area contributed by atoms with Crippen molar-refractivity contribution >= 4 is 11.8 Å². The molecule has 2 amide bonds. The van der Waals surface area contributed by atoms with Crippen LogP contribution in [0.3, 0.4) is 0 Å². The Labute approximate surface area is 131 Å². The van der Waals surface area contributed by atoms with Crippen LogP contribution in [0.1, 0.15) is 66.9 Å². The third-order valence-corrected chi connectivity index (χ3v) is 5.06. The molecule has 2 atom stereocenters. The Morgan fingerprint density at radius 1 is 1.32 bits per heavy atom. The molecule has 0 bridgehead atoms. The molecule has 4 heteroatoms. The van der Waals surface area contributed by atoms with E-state index in [4.69, 9.17) is 0 Å². The molecule has 1 fully saturated rings. The van der Waals surface area contributed by atoms with Crippen LogP contribution in [0.4, 0.5) is 0 Å². The van der Waals surface area contributed by atoms with Gasteiger partial charge in [0.1, 0.15) is 6.04 Å². The van der Waals surface area contributed by atoms with Gasteiger partial charge in [-0.2, -0.15) is 0 Å². The fourth-order valence-corrected chi connectivity index (χ4v) is 3.53. The predicted octanol–water partition coefficient (Wildman–Crippen LogP) is 2.82. The SMILES string of the molecule is CCC(C)c1cccc2c1CN([C@H]1CCCCNC1=O)C2=O. The molecule has 2 heterocycles. The fraction of sp³-hybridized carbons (Fsp3) is 0.556. The maximum atomic E-state index is 12.8. The van der Waals surface area contributed by atoms with Crippen LogP contribution in [-0.4, -0.2) is 29.3 Å². The van der Waals surface area contributed by atoms with Crippen molar-refractivity contribution in [2.75, 3.05) is 6.54 Å². The van der Waals surface area contributed by atoms with Crippen LogP contribution in [0.2, 0.25) is 0 Å². The molecule has 2 aliphatic rings. The molecule has 1 aromatic carbocycles. The summed E-state index contributed by atoms with van der Waals surface area (Å²) in [6.07, 6.45) is 3.80. The Balaban J connectivity index is 1.92. The normalized spacial score (nSPS) is 23.0. The first-order valence-electron chi connectivity index (χ1n) is 8.34. The van der Waals surface area contributed by atoms with Crippen LogP contribution in [0, 0.1) is 0 Å². The van der Waals surface area contributed by atoms with Crippen molar-refractivity contribution in [3.05, 3.63) is 34.9 Å². The molecule has 0 aromatic heterocycles. The second-order valence-corrected chi connectivity index (χ2v) is 6.42. The van der Waals surface area contributed by atoms with Gasteiger partial charge in [-0.25, -0.2) is 0 Å². The van der Waals surface area contributed by atoms with Crippen LogP contribution in [0.15, 0.2) is 18.2 Å². The van der Waals surface area contributed by atoms with Gasteiger partial charge in [0.25, 0.3) is 5.91 Å². The number of nitrogens with one attached hydrogen (secondary N) is 1.